The fourth-order valence-corrected chi connectivity index (χ4v) is 3.74. The van der Waals surface area contributed by atoms with Crippen LogP contribution in [-0.4, -0.2) is 29.6 Å². The number of para-hydroxylation sites is 1. The number of halogens is 3. The average Bonchev–Trinajstić information content (AvgIpc) is 3.22. The lowest BCUT2D eigenvalue weighted by Gasteiger charge is -2.14. The van der Waals surface area contributed by atoms with E-state index in [1.165, 1.54) is 30.4 Å². The van der Waals surface area contributed by atoms with Crippen LogP contribution < -0.4 is 10.1 Å². The fourth-order valence-electron chi connectivity index (χ4n) is 2.89. The second-order valence-electron chi connectivity index (χ2n) is 6.95. The van der Waals surface area contributed by atoms with Crippen LogP contribution in [0.4, 0.5) is 18.9 Å². The zero-order valence-electron chi connectivity index (χ0n) is 17.8. The third-order valence-electron chi connectivity index (χ3n) is 4.43. The third-order valence-corrected chi connectivity index (χ3v) is 5.35. The molecule has 33 heavy (non-hydrogen) atoms. The Morgan fingerprint density at radius 2 is 1.91 bits per heavy atom. The lowest BCUT2D eigenvalue weighted by atomic mass is 10.2. The molecule has 0 radical (unpaired) electrons. The van der Waals surface area contributed by atoms with Crippen LogP contribution in [0.1, 0.15) is 25.1 Å². The molecular weight excluding hydrogens is 457 g/mol. The number of carbonyl (C=O) groups is 2. The van der Waals surface area contributed by atoms with Crippen LogP contribution in [0.3, 0.4) is 0 Å². The monoisotopic (exact) mass is 478 g/mol. The molecule has 0 aliphatic rings. The van der Waals surface area contributed by atoms with Gasteiger partial charge in [-0.25, -0.2) is 4.98 Å². The second-order valence-corrected chi connectivity index (χ2v) is 7.81. The highest BCUT2D eigenvalue weighted by Crippen LogP contribution is 2.32. The minimum atomic E-state index is -4.53. The summed E-state index contributed by atoms with van der Waals surface area (Å²) in [5, 5.41) is 4.72. The van der Waals surface area contributed by atoms with Gasteiger partial charge in [0.25, 0.3) is 5.91 Å². The minimum absolute atomic E-state index is 0.0465. The van der Waals surface area contributed by atoms with Crippen molar-refractivity contribution in [1.82, 2.24) is 4.98 Å². The molecule has 0 saturated heterocycles. The Bertz CT molecular complexity index is 1130. The van der Waals surface area contributed by atoms with Gasteiger partial charge in [0.15, 0.2) is 6.10 Å². The summed E-state index contributed by atoms with van der Waals surface area (Å²) in [6.07, 6.45) is -5.90. The van der Waals surface area contributed by atoms with Crippen LogP contribution >= 0.6 is 11.3 Å². The van der Waals surface area contributed by atoms with E-state index in [1.54, 1.807) is 5.38 Å². The number of hydrogen-bond acceptors (Lipinski definition) is 6. The number of nitrogens with one attached hydrogen (secondary N) is 1. The minimum Gasteiger partial charge on any atom is -0.493 e. The van der Waals surface area contributed by atoms with Gasteiger partial charge in [0.2, 0.25) is 0 Å². The van der Waals surface area contributed by atoms with E-state index in [0.717, 1.165) is 17.7 Å². The van der Waals surface area contributed by atoms with Crippen LogP contribution in [0, 0.1) is 0 Å². The number of carbonyl (C=O) groups excluding carboxylic acids is 2. The summed E-state index contributed by atoms with van der Waals surface area (Å²) in [5.74, 6) is -0.743. The van der Waals surface area contributed by atoms with E-state index in [-0.39, 0.29) is 12.1 Å². The quantitative estimate of drug-likeness (QED) is 0.442. The Labute approximate surface area is 192 Å². The predicted molar refractivity (Wildman–Crippen MR) is 118 cm³/mol. The number of rotatable bonds is 8. The van der Waals surface area contributed by atoms with Crippen molar-refractivity contribution in [2.45, 2.75) is 32.5 Å². The van der Waals surface area contributed by atoms with Crippen LogP contribution in [-0.2, 0) is 26.9 Å². The molecule has 3 rings (SSSR count). The van der Waals surface area contributed by atoms with Crippen molar-refractivity contribution in [1.29, 1.82) is 0 Å². The lowest BCUT2D eigenvalue weighted by molar-refractivity contribution is -0.152. The topological polar surface area (TPSA) is 77.5 Å². The van der Waals surface area contributed by atoms with Gasteiger partial charge in [-0.3, -0.25) is 9.59 Å². The van der Waals surface area contributed by atoms with Crippen LogP contribution in [0.2, 0.25) is 0 Å². The number of nitrogens with zero attached hydrogens (tertiary/aromatic N) is 1. The molecule has 0 aliphatic heterocycles. The highest BCUT2D eigenvalue weighted by Gasteiger charge is 2.30. The summed E-state index contributed by atoms with van der Waals surface area (Å²) in [6.45, 7) is 3.72. The van der Waals surface area contributed by atoms with E-state index in [4.69, 9.17) is 9.47 Å². The Morgan fingerprint density at radius 3 is 2.64 bits per heavy atom. The molecule has 1 N–H and O–H groups in total. The van der Waals surface area contributed by atoms with Crippen molar-refractivity contribution in [3.8, 4) is 16.3 Å². The number of esters is 1. The molecule has 6 nitrogen and oxygen atoms in total. The number of aromatic nitrogens is 1. The Morgan fingerprint density at radius 1 is 1.15 bits per heavy atom. The molecule has 10 heteroatoms. The maximum Gasteiger partial charge on any atom is 0.416 e. The number of anilines is 1. The maximum atomic E-state index is 12.8. The molecule has 3 aromatic rings. The van der Waals surface area contributed by atoms with Gasteiger partial charge < -0.3 is 14.8 Å². The van der Waals surface area contributed by atoms with Gasteiger partial charge in [0.1, 0.15) is 10.8 Å². The highest BCUT2D eigenvalue weighted by molar-refractivity contribution is 7.13. The molecule has 1 heterocycles. The maximum absolute atomic E-state index is 12.8. The van der Waals surface area contributed by atoms with Gasteiger partial charge >= 0.3 is 12.1 Å². The highest BCUT2D eigenvalue weighted by atomic mass is 32.1. The van der Waals surface area contributed by atoms with E-state index in [9.17, 15) is 22.8 Å². The number of hydrogen-bond donors (Lipinski definition) is 1. The largest absolute Gasteiger partial charge is 0.493 e. The summed E-state index contributed by atoms with van der Waals surface area (Å²) in [4.78, 5) is 29.0. The molecule has 0 spiro atoms. The Hall–Kier alpha value is -3.40. The van der Waals surface area contributed by atoms with Gasteiger partial charge in [-0.15, -0.1) is 11.3 Å². The first kappa shape index (κ1) is 24.2. The molecule has 0 fully saturated rings. The first-order valence-electron chi connectivity index (χ1n) is 10.0. The van der Waals surface area contributed by atoms with E-state index in [0.29, 0.717) is 23.1 Å². The van der Waals surface area contributed by atoms with E-state index in [1.807, 2.05) is 31.2 Å². The molecule has 174 valence electrons. The predicted octanol–water partition coefficient (Wildman–Crippen LogP) is 5.34. The van der Waals surface area contributed by atoms with E-state index in [2.05, 4.69) is 10.3 Å². The normalized spacial score (nSPS) is 12.2. The summed E-state index contributed by atoms with van der Waals surface area (Å²) in [5.41, 5.74) is 0.333. The Balaban J connectivity index is 1.58. The molecule has 0 bridgehead atoms. The van der Waals surface area contributed by atoms with Gasteiger partial charge in [-0.1, -0.05) is 18.2 Å². The third kappa shape index (κ3) is 6.55. The average molecular weight is 478 g/mol. The molecular formula is C23H21F3N2O4S. The van der Waals surface area contributed by atoms with E-state index >= 15 is 0 Å². The summed E-state index contributed by atoms with van der Waals surface area (Å²) < 4.78 is 49.2. The molecule has 1 unspecified atom stereocenters. The van der Waals surface area contributed by atoms with Crippen LogP contribution in [0.15, 0.2) is 53.9 Å². The number of ether oxygens (including phenoxy) is 2. The van der Waals surface area contributed by atoms with Crippen molar-refractivity contribution < 1.29 is 32.2 Å². The second kappa shape index (κ2) is 10.5. The molecule has 1 atom stereocenters. The smallest absolute Gasteiger partial charge is 0.416 e. The van der Waals surface area contributed by atoms with Gasteiger partial charge in [-0.2, -0.15) is 13.2 Å². The molecule has 0 aliphatic carbocycles. The van der Waals surface area contributed by atoms with Crippen molar-refractivity contribution in [3.63, 3.8) is 0 Å². The number of benzene rings is 2. The number of thiazole rings is 1. The summed E-state index contributed by atoms with van der Waals surface area (Å²) >= 11 is 1.34. The van der Waals surface area contributed by atoms with Gasteiger partial charge in [-0.05, 0) is 44.2 Å². The first-order chi connectivity index (χ1) is 15.7. The Kier molecular flexibility index (Phi) is 7.70. The molecule has 1 aromatic heterocycles. The number of amides is 1. The SMILES string of the molecule is CCOc1ccccc1-c1nc(CC(=O)OC(C)C(=O)Nc2cccc(C(F)(F)F)c2)cs1. The zero-order chi connectivity index (χ0) is 24.0. The van der Waals surface area contributed by atoms with E-state index < -0.39 is 29.7 Å². The first-order valence-corrected chi connectivity index (χ1v) is 10.9. The van der Waals surface area contributed by atoms with Gasteiger partial charge in [0.05, 0.1) is 29.8 Å². The fraction of sp³-hybridized carbons (Fsp3) is 0.261. The molecule has 2 aromatic carbocycles. The van der Waals surface area contributed by atoms with Crippen molar-refractivity contribution in [2.24, 2.45) is 0 Å². The standard InChI is InChI=1S/C23H21F3N2O4S/c1-3-31-19-10-5-4-9-18(19)22-28-17(13-33-22)12-20(29)32-14(2)21(30)27-16-8-6-7-15(11-16)23(24,25)26/h4-11,13-14H,3,12H2,1-2H3,(H,27,30). The van der Waals surface area contributed by atoms with Crippen molar-refractivity contribution in [3.05, 3.63) is 65.2 Å². The van der Waals surface area contributed by atoms with Crippen LogP contribution in [0.25, 0.3) is 10.6 Å². The van der Waals surface area contributed by atoms with Crippen molar-refractivity contribution >= 4 is 28.9 Å². The summed E-state index contributed by atoms with van der Waals surface area (Å²) in [7, 11) is 0. The molecule has 1 amide bonds. The summed E-state index contributed by atoms with van der Waals surface area (Å²) in [6, 6.07) is 11.6. The van der Waals surface area contributed by atoms with Crippen molar-refractivity contribution in [2.75, 3.05) is 11.9 Å². The number of alkyl halides is 3. The lowest BCUT2D eigenvalue weighted by Crippen LogP contribution is -2.30. The van der Waals surface area contributed by atoms with Gasteiger partial charge in [0, 0.05) is 11.1 Å². The molecule has 0 saturated carbocycles. The van der Waals surface area contributed by atoms with Crippen LogP contribution in [0.5, 0.6) is 5.75 Å². The zero-order valence-corrected chi connectivity index (χ0v) is 18.6.